The number of aryl methyl sites for hydroxylation is 3. The standard InChI is InChI=1S/C24H28N2O2/c1-18-23(26-24(28-18)20-8-3-2-4-9-20)12-6-5-10-21-14-13-19(17-25-21)16-22-11-7-15-27-22/h2-4,8-9,13-14,17,22H,5-7,10-12,15-16H2,1H3. The van der Waals surface area contributed by atoms with Crippen molar-refractivity contribution in [3.8, 4) is 11.5 Å². The summed E-state index contributed by atoms with van der Waals surface area (Å²) in [7, 11) is 0. The third kappa shape index (κ3) is 4.87. The zero-order valence-electron chi connectivity index (χ0n) is 16.6. The van der Waals surface area contributed by atoms with Gasteiger partial charge in [0.15, 0.2) is 0 Å². The number of aromatic nitrogens is 2. The van der Waals surface area contributed by atoms with E-state index < -0.39 is 0 Å². The van der Waals surface area contributed by atoms with Gasteiger partial charge in [0.05, 0.1) is 11.8 Å². The van der Waals surface area contributed by atoms with Crippen molar-refractivity contribution in [2.24, 2.45) is 0 Å². The molecule has 1 aliphatic rings. The number of oxazole rings is 1. The first kappa shape index (κ1) is 18.9. The first-order chi connectivity index (χ1) is 13.8. The fourth-order valence-electron chi connectivity index (χ4n) is 3.75. The number of unbranched alkanes of at least 4 members (excludes halogenated alkanes) is 1. The van der Waals surface area contributed by atoms with E-state index in [1.54, 1.807) is 0 Å². The lowest BCUT2D eigenvalue weighted by atomic mass is 10.1. The number of pyridine rings is 1. The summed E-state index contributed by atoms with van der Waals surface area (Å²) in [5.74, 6) is 1.65. The van der Waals surface area contributed by atoms with Crippen LogP contribution in [0.15, 0.2) is 53.1 Å². The van der Waals surface area contributed by atoms with Crippen LogP contribution in [0.2, 0.25) is 0 Å². The number of ether oxygens (including phenoxy) is 1. The minimum absolute atomic E-state index is 0.388. The van der Waals surface area contributed by atoms with Crippen molar-refractivity contribution in [1.82, 2.24) is 9.97 Å². The highest BCUT2D eigenvalue weighted by molar-refractivity contribution is 5.53. The monoisotopic (exact) mass is 376 g/mol. The molecule has 0 N–H and O–H groups in total. The summed E-state index contributed by atoms with van der Waals surface area (Å²) in [6.45, 7) is 2.91. The molecule has 4 nitrogen and oxygen atoms in total. The summed E-state index contributed by atoms with van der Waals surface area (Å²) in [6.07, 6.45) is 9.89. The van der Waals surface area contributed by atoms with Crippen molar-refractivity contribution < 1.29 is 9.15 Å². The van der Waals surface area contributed by atoms with E-state index in [0.717, 1.165) is 67.3 Å². The van der Waals surface area contributed by atoms with Gasteiger partial charge < -0.3 is 9.15 Å². The zero-order valence-corrected chi connectivity index (χ0v) is 16.6. The predicted octanol–water partition coefficient (Wildman–Crippen LogP) is 5.33. The number of hydrogen-bond acceptors (Lipinski definition) is 4. The maximum atomic E-state index is 5.85. The van der Waals surface area contributed by atoms with Gasteiger partial charge >= 0.3 is 0 Å². The molecule has 1 aromatic carbocycles. The van der Waals surface area contributed by atoms with E-state index in [2.05, 4.69) is 17.1 Å². The normalized spacial score (nSPS) is 16.5. The van der Waals surface area contributed by atoms with Crippen molar-refractivity contribution in [2.75, 3.05) is 6.61 Å². The lowest BCUT2D eigenvalue weighted by Crippen LogP contribution is -2.09. The Morgan fingerprint density at radius 1 is 1.04 bits per heavy atom. The highest BCUT2D eigenvalue weighted by Crippen LogP contribution is 2.22. The van der Waals surface area contributed by atoms with Crippen molar-refractivity contribution in [1.29, 1.82) is 0 Å². The third-order valence-electron chi connectivity index (χ3n) is 5.38. The Balaban J connectivity index is 1.24. The van der Waals surface area contributed by atoms with E-state index in [4.69, 9.17) is 14.1 Å². The van der Waals surface area contributed by atoms with E-state index >= 15 is 0 Å². The summed E-state index contributed by atoms with van der Waals surface area (Å²) in [5, 5.41) is 0. The van der Waals surface area contributed by atoms with Gasteiger partial charge in [-0.25, -0.2) is 4.98 Å². The molecular weight excluding hydrogens is 348 g/mol. The topological polar surface area (TPSA) is 48.2 Å². The predicted molar refractivity (Wildman–Crippen MR) is 110 cm³/mol. The van der Waals surface area contributed by atoms with Crippen LogP contribution >= 0.6 is 0 Å². The van der Waals surface area contributed by atoms with Crippen LogP contribution in [0.4, 0.5) is 0 Å². The second kappa shape index (κ2) is 9.16. The zero-order chi connectivity index (χ0) is 19.2. The number of hydrogen-bond donors (Lipinski definition) is 0. The molecule has 1 saturated heterocycles. The maximum absolute atomic E-state index is 5.85. The highest BCUT2D eigenvalue weighted by atomic mass is 16.5. The van der Waals surface area contributed by atoms with E-state index in [1.165, 1.54) is 18.4 Å². The Hall–Kier alpha value is -2.46. The third-order valence-corrected chi connectivity index (χ3v) is 5.38. The van der Waals surface area contributed by atoms with Crippen molar-refractivity contribution in [2.45, 2.75) is 58.0 Å². The Morgan fingerprint density at radius 3 is 2.64 bits per heavy atom. The largest absolute Gasteiger partial charge is 0.441 e. The van der Waals surface area contributed by atoms with Gasteiger partial charge in [-0.1, -0.05) is 24.3 Å². The quantitative estimate of drug-likeness (QED) is 0.498. The molecule has 1 atom stereocenters. The first-order valence-corrected chi connectivity index (χ1v) is 10.3. The summed E-state index contributed by atoms with van der Waals surface area (Å²) in [6, 6.07) is 14.5. The molecule has 1 fully saturated rings. The summed E-state index contributed by atoms with van der Waals surface area (Å²) >= 11 is 0. The van der Waals surface area contributed by atoms with Gasteiger partial charge in [-0.15, -0.1) is 0 Å². The lowest BCUT2D eigenvalue weighted by Gasteiger charge is -2.09. The van der Waals surface area contributed by atoms with Crippen LogP contribution in [0.5, 0.6) is 0 Å². The van der Waals surface area contributed by atoms with Crippen LogP contribution < -0.4 is 0 Å². The van der Waals surface area contributed by atoms with Crippen LogP contribution in [0.25, 0.3) is 11.5 Å². The molecule has 0 radical (unpaired) electrons. The molecule has 146 valence electrons. The molecule has 2 aromatic heterocycles. The molecule has 4 heteroatoms. The van der Waals surface area contributed by atoms with Crippen LogP contribution in [0.1, 0.15) is 48.4 Å². The molecule has 0 saturated carbocycles. The number of benzene rings is 1. The second-order valence-corrected chi connectivity index (χ2v) is 7.59. The van der Waals surface area contributed by atoms with Crippen LogP contribution in [-0.4, -0.2) is 22.7 Å². The number of nitrogens with zero attached hydrogens (tertiary/aromatic N) is 2. The van der Waals surface area contributed by atoms with Crippen LogP contribution in [0, 0.1) is 6.92 Å². The summed E-state index contributed by atoms with van der Waals surface area (Å²) in [5.41, 5.74) is 4.54. The minimum atomic E-state index is 0.388. The average Bonchev–Trinajstić information content (AvgIpc) is 3.37. The number of rotatable bonds is 8. The maximum Gasteiger partial charge on any atom is 0.226 e. The molecule has 28 heavy (non-hydrogen) atoms. The average molecular weight is 377 g/mol. The SMILES string of the molecule is Cc1oc(-c2ccccc2)nc1CCCCc1ccc(CC2CCCO2)cn1. The van der Waals surface area contributed by atoms with Gasteiger partial charge in [-0.2, -0.15) is 0 Å². The van der Waals surface area contributed by atoms with Gasteiger partial charge in [0.1, 0.15) is 5.76 Å². The van der Waals surface area contributed by atoms with E-state index in [9.17, 15) is 0 Å². The molecule has 3 heterocycles. The highest BCUT2D eigenvalue weighted by Gasteiger charge is 2.16. The minimum Gasteiger partial charge on any atom is -0.441 e. The van der Waals surface area contributed by atoms with E-state index in [0.29, 0.717) is 6.10 Å². The summed E-state index contributed by atoms with van der Waals surface area (Å²) in [4.78, 5) is 9.33. The molecule has 0 aliphatic carbocycles. The Bertz CT molecular complexity index is 865. The first-order valence-electron chi connectivity index (χ1n) is 10.3. The van der Waals surface area contributed by atoms with Gasteiger partial charge in [-0.3, -0.25) is 4.98 Å². The molecule has 0 bridgehead atoms. The Kier molecular flexibility index (Phi) is 6.17. The van der Waals surface area contributed by atoms with Gasteiger partial charge in [-0.05, 0) is 69.2 Å². The van der Waals surface area contributed by atoms with Crippen molar-refractivity contribution in [3.63, 3.8) is 0 Å². The lowest BCUT2D eigenvalue weighted by molar-refractivity contribution is 0.111. The van der Waals surface area contributed by atoms with E-state index in [-0.39, 0.29) is 0 Å². The fourth-order valence-corrected chi connectivity index (χ4v) is 3.75. The van der Waals surface area contributed by atoms with Gasteiger partial charge in [0.2, 0.25) is 5.89 Å². The Morgan fingerprint density at radius 2 is 1.89 bits per heavy atom. The Labute approximate surface area is 167 Å². The molecular formula is C24H28N2O2. The van der Waals surface area contributed by atoms with Crippen LogP contribution in [-0.2, 0) is 24.0 Å². The van der Waals surface area contributed by atoms with Crippen LogP contribution in [0.3, 0.4) is 0 Å². The second-order valence-electron chi connectivity index (χ2n) is 7.59. The molecule has 0 amide bonds. The van der Waals surface area contributed by atoms with Gasteiger partial charge in [0, 0.05) is 30.5 Å². The fraction of sp³-hybridized carbons (Fsp3) is 0.417. The van der Waals surface area contributed by atoms with Gasteiger partial charge in [0.25, 0.3) is 0 Å². The van der Waals surface area contributed by atoms with Crippen molar-refractivity contribution in [3.05, 3.63) is 71.4 Å². The molecule has 4 rings (SSSR count). The molecule has 3 aromatic rings. The molecule has 0 spiro atoms. The summed E-state index contributed by atoms with van der Waals surface area (Å²) < 4.78 is 11.6. The smallest absolute Gasteiger partial charge is 0.226 e. The molecule has 1 unspecified atom stereocenters. The molecule has 1 aliphatic heterocycles. The van der Waals surface area contributed by atoms with E-state index in [1.807, 2.05) is 43.5 Å². The van der Waals surface area contributed by atoms with Crippen molar-refractivity contribution >= 4 is 0 Å².